The normalized spacial score (nSPS) is 11.8. The van der Waals surface area contributed by atoms with Crippen LogP contribution in [0.4, 0.5) is 0 Å². The van der Waals surface area contributed by atoms with E-state index in [1.807, 2.05) is 0 Å². The van der Waals surface area contributed by atoms with Gasteiger partial charge >= 0.3 is 65.1 Å². The molecular weight excluding hydrogens is 633 g/mol. The molecule has 0 saturated carbocycles. The number of hydrogen-bond acceptors (Lipinski definition) is 9. The van der Waals surface area contributed by atoms with Gasteiger partial charge in [0.25, 0.3) is 6.47 Å². The zero-order valence-corrected chi connectivity index (χ0v) is 35.0. The molecule has 12 heteroatoms. The van der Waals surface area contributed by atoms with Crippen LogP contribution in [0.3, 0.4) is 0 Å². The molecule has 0 fully saturated rings. The van der Waals surface area contributed by atoms with Crippen LogP contribution >= 0.6 is 19.6 Å². The van der Waals surface area contributed by atoms with Crippen molar-refractivity contribution < 1.29 is 97.1 Å². The van der Waals surface area contributed by atoms with Gasteiger partial charge in [0, 0.05) is 12.2 Å². The molecule has 45 heavy (non-hydrogen) atoms. The molecule has 0 unspecified atom stereocenters. The van der Waals surface area contributed by atoms with Crippen molar-refractivity contribution in [2.45, 2.75) is 174 Å². The molecule has 0 aromatic heterocycles. The Morgan fingerprint density at radius 2 is 1.11 bits per heavy atom. The maximum atomic E-state index is 12.3. The quantitative estimate of drug-likeness (QED) is 0.0323. The summed E-state index contributed by atoms with van der Waals surface area (Å²) in [6.45, 7) is 2.89. The fourth-order valence-corrected chi connectivity index (χ4v) is 6.42. The Kier molecular flexibility index (Phi) is 44.9. The molecule has 1 atom stereocenters. The van der Waals surface area contributed by atoms with E-state index in [1.54, 1.807) is 11.8 Å². The van der Waals surface area contributed by atoms with Gasteiger partial charge in [0.15, 0.2) is 0 Å². The van der Waals surface area contributed by atoms with Crippen LogP contribution in [-0.4, -0.2) is 43.3 Å². The Morgan fingerprint density at radius 1 is 0.689 bits per heavy atom. The van der Waals surface area contributed by atoms with Crippen LogP contribution in [0.25, 0.3) is 0 Å². The Labute approximate surface area is 324 Å². The second kappa shape index (κ2) is 39.8. The maximum Gasteiger partial charge on any atom is 1.00 e. The third kappa shape index (κ3) is 43.4. The van der Waals surface area contributed by atoms with Gasteiger partial charge in [0.1, 0.15) is 6.10 Å². The standard InChI is InChI=1S/C33H65O8PS.2Na/c1-2-3-4-5-6-7-11-14-17-20-23-26-33(35)41-32(29-40-42(36,37)38)30-43-28-25-22-19-16-13-10-8-9-12-15-18-21-24-27-39-31-34;;/h31-32H,2-30H2,1H3,(H2,36,37,38);;/q;2*+1/p-2/t32-;;/m1../s1. The topological polar surface area (TPSA) is 125 Å². The van der Waals surface area contributed by atoms with Gasteiger partial charge in [-0.3, -0.25) is 9.59 Å². The van der Waals surface area contributed by atoms with Crippen LogP contribution in [0.15, 0.2) is 0 Å². The van der Waals surface area contributed by atoms with Crippen LogP contribution in [-0.2, 0) is 28.2 Å². The number of thioether (sulfide) groups is 1. The summed E-state index contributed by atoms with van der Waals surface area (Å²) in [7, 11) is -5.10. The summed E-state index contributed by atoms with van der Waals surface area (Å²) in [6.07, 6.45) is 28.5. The Hall–Kier alpha value is 1.40. The maximum absolute atomic E-state index is 12.3. The minimum absolute atomic E-state index is 0. The van der Waals surface area contributed by atoms with Crippen LogP contribution in [0, 0.1) is 0 Å². The molecule has 0 bridgehead atoms. The van der Waals surface area contributed by atoms with E-state index in [4.69, 9.17) is 9.47 Å². The summed E-state index contributed by atoms with van der Waals surface area (Å²) in [5.41, 5.74) is 0. The first-order chi connectivity index (χ1) is 20.9. The smallest absolute Gasteiger partial charge is 0.790 e. The molecular formula is C33H63Na2O8PS. The number of rotatable bonds is 35. The van der Waals surface area contributed by atoms with Gasteiger partial charge in [-0.15, -0.1) is 0 Å². The molecule has 256 valence electrons. The number of esters is 1. The van der Waals surface area contributed by atoms with Crippen LogP contribution in [0.5, 0.6) is 0 Å². The number of phosphoric acid groups is 1. The second-order valence-corrected chi connectivity index (χ2v) is 14.1. The zero-order chi connectivity index (χ0) is 31.7. The van der Waals surface area contributed by atoms with E-state index in [9.17, 15) is 23.9 Å². The van der Waals surface area contributed by atoms with Gasteiger partial charge in [-0.1, -0.05) is 142 Å². The van der Waals surface area contributed by atoms with Gasteiger partial charge in [-0.05, 0) is 25.0 Å². The van der Waals surface area contributed by atoms with Gasteiger partial charge in [0.05, 0.1) is 21.0 Å². The molecule has 8 nitrogen and oxygen atoms in total. The zero-order valence-electron chi connectivity index (χ0n) is 29.3. The molecule has 0 rings (SSSR count). The Morgan fingerprint density at radius 3 is 1.56 bits per heavy atom. The van der Waals surface area contributed by atoms with E-state index >= 15 is 0 Å². The van der Waals surface area contributed by atoms with Crippen molar-refractivity contribution in [3.63, 3.8) is 0 Å². The number of ether oxygens (including phenoxy) is 2. The summed E-state index contributed by atoms with van der Waals surface area (Å²) >= 11 is 1.61. The molecule has 0 aromatic carbocycles. The van der Waals surface area contributed by atoms with Crippen molar-refractivity contribution >= 4 is 32.0 Å². The van der Waals surface area contributed by atoms with Crippen LogP contribution in [0.2, 0.25) is 0 Å². The van der Waals surface area contributed by atoms with Crippen molar-refractivity contribution in [2.24, 2.45) is 0 Å². The number of carbonyl (C=O) groups excluding carboxylic acids is 2. The summed E-state index contributed by atoms with van der Waals surface area (Å²) in [6, 6.07) is 0. The largest absolute Gasteiger partial charge is 1.00 e. The van der Waals surface area contributed by atoms with Crippen molar-refractivity contribution in [3.8, 4) is 0 Å². The third-order valence-corrected chi connectivity index (χ3v) is 9.27. The van der Waals surface area contributed by atoms with Crippen LogP contribution < -0.4 is 68.9 Å². The van der Waals surface area contributed by atoms with Crippen molar-refractivity contribution in [1.82, 2.24) is 0 Å². The van der Waals surface area contributed by atoms with Gasteiger partial charge in [-0.25, -0.2) is 0 Å². The van der Waals surface area contributed by atoms with E-state index in [0.717, 1.165) is 50.7 Å². The predicted octanol–water partition coefficient (Wildman–Crippen LogP) is 2.43. The first kappa shape index (κ1) is 50.8. The monoisotopic (exact) mass is 696 g/mol. The van der Waals surface area contributed by atoms with Crippen molar-refractivity contribution in [2.75, 3.05) is 24.7 Å². The second-order valence-electron chi connectivity index (χ2n) is 11.8. The molecule has 0 aromatic rings. The number of hydrogen-bond donors (Lipinski definition) is 0. The summed E-state index contributed by atoms with van der Waals surface area (Å²) < 4.78 is 25.5. The van der Waals surface area contributed by atoms with E-state index in [1.165, 1.54) is 109 Å². The predicted molar refractivity (Wildman–Crippen MR) is 174 cm³/mol. The molecule has 0 radical (unpaired) electrons. The number of phosphoric ester groups is 1. The van der Waals surface area contributed by atoms with E-state index in [2.05, 4.69) is 11.4 Å². The number of carbonyl (C=O) groups is 2. The average molecular weight is 697 g/mol. The first-order valence-electron chi connectivity index (χ1n) is 17.4. The summed E-state index contributed by atoms with van der Waals surface area (Å²) in [4.78, 5) is 44.3. The van der Waals surface area contributed by atoms with E-state index < -0.39 is 20.5 Å². The van der Waals surface area contributed by atoms with Gasteiger partial charge in [0.2, 0.25) is 0 Å². The van der Waals surface area contributed by atoms with E-state index in [-0.39, 0.29) is 65.1 Å². The van der Waals surface area contributed by atoms with Gasteiger partial charge < -0.3 is 28.3 Å². The summed E-state index contributed by atoms with van der Waals surface area (Å²) in [5.74, 6) is 0.981. The van der Waals surface area contributed by atoms with E-state index in [0.29, 0.717) is 25.3 Å². The minimum Gasteiger partial charge on any atom is -0.790 e. The summed E-state index contributed by atoms with van der Waals surface area (Å²) in [5, 5.41) is 0. The third-order valence-electron chi connectivity index (χ3n) is 7.62. The Balaban J connectivity index is -0.00000882. The van der Waals surface area contributed by atoms with Crippen LogP contribution in [0.1, 0.15) is 167 Å². The molecule has 0 aliphatic rings. The SMILES string of the molecule is CCCCCCCCCCCCCC(=O)O[C@H](COP(=O)([O-])[O-])CSCCCCCCCCCCCCCCCOC=O.[Na+].[Na+]. The van der Waals surface area contributed by atoms with Crippen molar-refractivity contribution in [3.05, 3.63) is 0 Å². The fraction of sp³-hybridized carbons (Fsp3) is 0.939. The molecule has 0 aliphatic carbocycles. The molecule has 0 saturated heterocycles. The van der Waals surface area contributed by atoms with Crippen molar-refractivity contribution in [1.29, 1.82) is 0 Å². The first-order valence-corrected chi connectivity index (χ1v) is 20.0. The Bertz CT molecular complexity index is 673. The molecule has 0 spiro atoms. The molecule has 0 amide bonds. The fourth-order valence-electron chi connectivity index (χ4n) is 5.07. The van der Waals surface area contributed by atoms with Gasteiger partial charge in [-0.2, -0.15) is 11.8 Å². The molecule has 0 aliphatic heterocycles. The molecule has 0 N–H and O–H groups in total. The molecule has 0 heterocycles. The minimum atomic E-state index is -5.10. The number of unbranched alkanes of at least 4 members (excludes halogenated alkanes) is 22. The average Bonchev–Trinajstić information content (AvgIpc) is 2.97.